The molecule has 0 spiro atoms. The average molecular weight is 276 g/mol. The summed E-state index contributed by atoms with van der Waals surface area (Å²) >= 11 is 1.34. The molecule has 1 aromatic heterocycles. The van der Waals surface area contributed by atoms with Crippen LogP contribution in [0.1, 0.15) is 20.9 Å². The van der Waals surface area contributed by atoms with E-state index in [0.717, 1.165) is 16.2 Å². The van der Waals surface area contributed by atoms with Gasteiger partial charge in [0.05, 0.1) is 12.8 Å². The molecule has 1 aromatic carbocycles. The first-order chi connectivity index (χ1) is 9.02. The number of benzene rings is 1. The fourth-order valence-electron chi connectivity index (χ4n) is 1.64. The molecule has 0 radical (unpaired) electrons. The van der Waals surface area contributed by atoms with Crippen LogP contribution in [0.2, 0.25) is 0 Å². The quantitative estimate of drug-likeness (QED) is 0.792. The van der Waals surface area contributed by atoms with E-state index in [1.54, 1.807) is 0 Å². The molecule has 5 heteroatoms. The molecule has 0 aliphatic rings. The molecule has 19 heavy (non-hydrogen) atoms. The van der Waals surface area contributed by atoms with Gasteiger partial charge in [0.2, 0.25) is 0 Å². The van der Waals surface area contributed by atoms with Gasteiger partial charge in [-0.2, -0.15) is 0 Å². The van der Waals surface area contributed by atoms with E-state index in [1.807, 2.05) is 49.7 Å². The molecule has 0 N–H and O–H groups in total. The molecule has 2 rings (SSSR count). The highest BCUT2D eigenvalue weighted by atomic mass is 32.1. The van der Waals surface area contributed by atoms with E-state index in [-0.39, 0.29) is 5.97 Å². The monoisotopic (exact) mass is 276 g/mol. The summed E-state index contributed by atoms with van der Waals surface area (Å²) in [6.45, 7) is 3.92. The molecule has 0 atom stereocenters. The van der Waals surface area contributed by atoms with Crippen LogP contribution in [0.4, 0.5) is 5.69 Å². The average Bonchev–Trinajstić information content (AvgIpc) is 2.69. The van der Waals surface area contributed by atoms with Gasteiger partial charge in [0.25, 0.3) is 0 Å². The zero-order valence-electron chi connectivity index (χ0n) is 11.4. The minimum Gasteiger partial charge on any atom is -0.465 e. The van der Waals surface area contributed by atoms with Crippen molar-refractivity contribution in [1.29, 1.82) is 0 Å². The van der Waals surface area contributed by atoms with Crippen molar-refractivity contribution in [3.05, 3.63) is 45.2 Å². The van der Waals surface area contributed by atoms with Gasteiger partial charge < -0.3 is 9.30 Å². The van der Waals surface area contributed by atoms with Gasteiger partial charge in [-0.25, -0.2) is 9.79 Å². The number of aryl methyl sites for hydroxylation is 1. The van der Waals surface area contributed by atoms with Crippen LogP contribution in [-0.4, -0.2) is 17.6 Å². The third kappa shape index (κ3) is 2.76. The molecule has 1 heterocycles. The van der Waals surface area contributed by atoms with Crippen molar-refractivity contribution in [2.45, 2.75) is 13.8 Å². The molecule has 4 nitrogen and oxygen atoms in total. The number of ether oxygens (including phenoxy) is 1. The van der Waals surface area contributed by atoms with Gasteiger partial charge in [-0.1, -0.05) is 29.0 Å². The van der Waals surface area contributed by atoms with Gasteiger partial charge in [0.15, 0.2) is 4.80 Å². The predicted octanol–water partition coefficient (Wildman–Crippen LogP) is 2.72. The number of hydrogen-bond acceptors (Lipinski definition) is 4. The molecule has 0 amide bonds. The van der Waals surface area contributed by atoms with Crippen molar-refractivity contribution in [3.8, 4) is 0 Å². The number of esters is 1. The second-order valence-corrected chi connectivity index (χ2v) is 5.27. The molecule has 0 unspecified atom stereocenters. The van der Waals surface area contributed by atoms with Crippen LogP contribution in [0.3, 0.4) is 0 Å². The lowest BCUT2D eigenvalue weighted by atomic mass is 10.2. The fourth-order valence-corrected chi connectivity index (χ4v) is 2.70. The van der Waals surface area contributed by atoms with Crippen LogP contribution in [0.5, 0.6) is 0 Å². The number of aromatic nitrogens is 1. The van der Waals surface area contributed by atoms with Crippen LogP contribution in [0.25, 0.3) is 0 Å². The smallest absolute Gasteiger partial charge is 0.349 e. The normalized spacial score (nSPS) is 11.7. The second-order valence-electron chi connectivity index (χ2n) is 4.30. The van der Waals surface area contributed by atoms with E-state index < -0.39 is 0 Å². The van der Waals surface area contributed by atoms with Crippen molar-refractivity contribution >= 4 is 23.0 Å². The molecule has 0 saturated carbocycles. The Kier molecular flexibility index (Phi) is 3.85. The lowest BCUT2D eigenvalue weighted by Crippen LogP contribution is -2.11. The van der Waals surface area contributed by atoms with Crippen molar-refractivity contribution in [2.24, 2.45) is 12.0 Å². The summed E-state index contributed by atoms with van der Waals surface area (Å²) < 4.78 is 6.67. The van der Waals surface area contributed by atoms with Gasteiger partial charge in [-0.15, -0.1) is 0 Å². The molecular weight excluding hydrogens is 260 g/mol. The summed E-state index contributed by atoms with van der Waals surface area (Å²) in [5, 5.41) is 0. The molecule has 0 aliphatic heterocycles. The Labute approximate surface area is 116 Å². The third-order valence-corrected chi connectivity index (χ3v) is 4.16. The minimum atomic E-state index is -0.316. The summed E-state index contributed by atoms with van der Waals surface area (Å²) in [6, 6.07) is 7.95. The van der Waals surface area contributed by atoms with Gasteiger partial charge >= 0.3 is 5.97 Å². The van der Waals surface area contributed by atoms with E-state index in [1.165, 1.54) is 24.0 Å². The Bertz CT molecular complexity index is 666. The van der Waals surface area contributed by atoms with Gasteiger partial charge in [0, 0.05) is 12.7 Å². The maximum Gasteiger partial charge on any atom is 0.349 e. The molecule has 0 bridgehead atoms. The third-order valence-electron chi connectivity index (χ3n) is 2.94. The Balaban J connectivity index is 2.51. The maximum absolute atomic E-state index is 11.6. The Morgan fingerprint density at radius 1 is 1.26 bits per heavy atom. The Morgan fingerprint density at radius 3 is 2.47 bits per heavy atom. The second kappa shape index (κ2) is 5.40. The minimum absolute atomic E-state index is 0.316. The highest BCUT2D eigenvalue weighted by Gasteiger charge is 2.15. The van der Waals surface area contributed by atoms with Crippen molar-refractivity contribution in [3.63, 3.8) is 0 Å². The van der Waals surface area contributed by atoms with E-state index in [0.29, 0.717) is 4.88 Å². The van der Waals surface area contributed by atoms with Crippen molar-refractivity contribution < 1.29 is 9.53 Å². The van der Waals surface area contributed by atoms with E-state index in [9.17, 15) is 4.79 Å². The van der Waals surface area contributed by atoms with Crippen molar-refractivity contribution in [2.75, 3.05) is 7.11 Å². The zero-order valence-corrected chi connectivity index (χ0v) is 12.2. The maximum atomic E-state index is 11.6. The summed E-state index contributed by atoms with van der Waals surface area (Å²) in [7, 11) is 3.28. The first-order valence-corrected chi connectivity index (χ1v) is 6.70. The highest BCUT2D eigenvalue weighted by molar-refractivity contribution is 7.11. The molecule has 2 aromatic rings. The number of carbonyl (C=O) groups is 1. The SMILES string of the molecule is COC(=O)c1sc(=Nc2ccc(C)cc2)n(C)c1C. The lowest BCUT2D eigenvalue weighted by molar-refractivity contribution is 0.0605. The van der Waals surface area contributed by atoms with Crippen LogP contribution in [0.15, 0.2) is 29.3 Å². The molecule has 0 aliphatic carbocycles. The predicted molar refractivity (Wildman–Crippen MR) is 75.8 cm³/mol. The summed E-state index contributed by atoms with van der Waals surface area (Å²) in [5.74, 6) is -0.316. The number of carbonyl (C=O) groups excluding carboxylic acids is 1. The number of hydrogen-bond donors (Lipinski definition) is 0. The summed E-state index contributed by atoms with van der Waals surface area (Å²) in [6.07, 6.45) is 0. The van der Waals surface area contributed by atoms with E-state index >= 15 is 0 Å². The van der Waals surface area contributed by atoms with E-state index in [4.69, 9.17) is 4.74 Å². The standard InChI is InChI=1S/C14H16N2O2S/c1-9-5-7-11(8-6-9)15-14-16(3)10(2)12(19-14)13(17)18-4/h5-8H,1-4H3. The van der Waals surface area contributed by atoms with Crippen LogP contribution in [-0.2, 0) is 11.8 Å². The zero-order chi connectivity index (χ0) is 14.0. The molecule has 100 valence electrons. The topological polar surface area (TPSA) is 43.6 Å². The number of rotatable bonds is 2. The highest BCUT2D eigenvalue weighted by Crippen LogP contribution is 2.15. The van der Waals surface area contributed by atoms with Gasteiger partial charge in [-0.05, 0) is 26.0 Å². The van der Waals surface area contributed by atoms with E-state index in [2.05, 4.69) is 4.99 Å². The first-order valence-electron chi connectivity index (χ1n) is 5.89. The number of thiazole rings is 1. The van der Waals surface area contributed by atoms with Gasteiger partial charge in [-0.3, -0.25) is 0 Å². The number of methoxy groups -OCH3 is 1. The van der Waals surface area contributed by atoms with Crippen LogP contribution >= 0.6 is 11.3 Å². The van der Waals surface area contributed by atoms with Crippen LogP contribution < -0.4 is 4.80 Å². The molecular formula is C14H16N2O2S. The van der Waals surface area contributed by atoms with Crippen LogP contribution in [0, 0.1) is 13.8 Å². The molecule has 0 fully saturated rings. The summed E-state index contributed by atoms with van der Waals surface area (Å²) in [4.78, 5) is 17.6. The lowest BCUT2D eigenvalue weighted by Gasteiger charge is -1.98. The Hall–Kier alpha value is -1.88. The largest absolute Gasteiger partial charge is 0.465 e. The fraction of sp³-hybridized carbons (Fsp3) is 0.286. The Morgan fingerprint density at radius 2 is 1.89 bits per heavy atom. The molecule has 0 saturated heterocycles. The summed E-state index contributed by atoms with van der Waals surface area (Å²) in [5.41, 5.74) is 2.93. The van der Waals surface area contributed by atoms with Crippen molar-refractivity contribution in [1.82, 2.24) is 4.57 Å². The first kappa shape index (κ1) is 13.5. The number of nitrogens with zero attached hydrogens (tertiary/aromatic N) is 2. The van der Waals surface area contributed by atoms with Gasteiger partial charge in [0.1, 0.15) is 4.88 Å².